The summed E-state index contributed by atoms with van der Waals surface area (Å²) in [5.41, 5.74) is 0. The van der Waals surface area contributed by atoms with E-state index in [-0.39, 0.29) is 11.2 Å². The first-order valence-corrected chi connectivity index (χ1v) is 4.87. The van der Waals surface area contributed by atoms with Crippen LogP contribution in [0.2, 0.25) is 0 Å². The maximum Gasteiger partial charge on any atom is 0.307 e. The molecule has 2 nitrogen and oxygen atoms in total. The van der Waals surface area contributed by atoms with Crippen LogP contribution in [0, 0.1) is 5.92 Å². The van der Waals surface area contributed by atoms with Crippen molar-refractivity contribution in [1.29, 1.82) is 0 Å². The quantitative estimate of drug-likeness (QED) is 0.591. The Morgan fingerprint density at radius 2 is 2.40 bits per heavy atom. The van der Waals surface area contributed by atoms with Crippen LogP contribution in [-0.4, -0.2) is 27.8 Å². The molecule has 2 atom stereocenters. The Hall–Kier alpha value is 0.170. The Balaban J connectivity index is 2.47. The highest BCUT2D eigenvalue weighted by molar-refractivity contribution is 8.00. The molecule has 1 saturated heterocycles. The van der Waals surface area contributed by atoms with Crippen molar-refractivity contribution in [3.05, 3.63) is 0 Å². The van der Waals surface area contributed by atoms with Gasteiger partial charge in [-0.05, 0) is 12.2 Å². The first-order chi connectivity index (χ1) is 4.72. The van der Waals surface area contributed by atoms with E-state index in [4.69, 9.17) is 5.11 Å². The molecule has 1 aliphatic heterocycles. The van der Waals surface area contributed by atoms with Crippen molar-refractivity contribution >= 4 is 30.4 Å². The lowest BCUT2D eigenvalue weighted by Crippen LogP contribution is -2.30. The number of hydrogen-bond donors (Lipinski definition) is 2. The second-order valence-electron chi connectivity index (χ2n) is 2.38. The fourth-order valence-electron chi connectivity index (χ4n) is 1.01. The summed E-state index contributed by atoms with van der Waals surface area (Å²) < 4.78 is 0. The van der Waals surface area contributed by atoms with Crippen molar-refractivity contribution in [1.82, 2.24) is 0 Å². The van der Waals surface area contributed by atoms with Crippen LogP contribution < -0.4 is 0 Å². The molecule has 10 heavy (non-hydrogen) atoms. The van der Waals surface area contributed by atoms with Crippen LogP contribution in [-0.2, 0) is 4.79 Å². The molecule has 0 radical (unpaired) electrons. The number of carboxylic acids is 1. The van der Waals surface area contributed by atoms with E-state index in [1.165, 1.54) is 0 Å². The summed E-state index contributed by atoms with van der Waals surface area (Å²) in [7, 11) is 0. The fraction of sp³-hybridized carbons (Fsp3) is 0.833. The number of carbonyl (C=O) groups is 1. The predicted molar refractivity (Wildman–Crippen MR) is 45.8 cm³/mol. The predicted octanol–water partition coefficient (Wildman–Crippen LogP) is 1.12. The van der Waals surface area contributed by atoms with E-state index in [0.717, 1.165) is 17.9 Å². The summed E-state index contributed by atoms with van der Waals surface area (Å²) in [6, 6.07) is 0. The van der Waals surface area contributed by atoms with Crippen LogP contribution in [0.25, 0.3) is 0 Å². The molecular formula is C6H10O2S2. The van der Waals surface area contributed by atoms with Gasteiger partial charge in [-0.25, -0.2) is 0 Å². The molecule has 0 aliphatic carbocycles. The van der Waals surface area contributed by atoms with Gasteiger partial charge in [0, 0.05) is 11.0 Å². The summed E-state index contributed by atoms with van der Waals surface area (Å²) in [5, 5.41) is 8.70. The Kier molecular flexibility index (Phi) is 2.92. The Labute approximate surface area is 69.8 Å². The molecule has 1 rings (SSSR count). The summed E-state index contributed by atoms with van der Waals surface area (Å²) in [6.45, 7) is 0. The van der Waals surface area contributed by atoms with Crippen molar-refractivity contribution in [2.24, 2.45) is 5.92 Å². The smallest absolute Gasteiger partial charge is 0.307 e. The first-order valence-electron chi connectivity index (χ1n) is 3.20. The Morgan fingerprint density at radius 1 is 1.70 bits per heavy atom. The molecule has 0 bridgehead atoms. The third kappa shape index (κ3) is 1.83. The average molecular weight is 178 g/mol. The SMILES string of the molecule is O=C(O)C1CCSCC1S. The Bertz CT molecular complexity index is 138. The molecule has 0 aromatic carbocycles. The molecule has 0 amide bonds. The molecule has 0 spiro atoms. The highest BCUT2D eigenvalue weighted by atomic mass is 32.2. The Morgan fingerprint density at radius 3 is 2.80 bits per heavy atom. The summed E-state index contributed by atoms with van der Waals surface area (Å²) in [4.78, 5) is 10.5. The average Bonchev–Trinajstić information content (AvgIpc) is 1.88. The topological polar surface area (TPSA) is 37.3 Å². The molecule has 4 heteroatoms. The van der Waals surface area contributed by atoms with E-state index in [1.54, 1.807) is 11.8 Å². The van der Waals surface area contributed by atoms with Crippen molar-refractivity contribution < 1.29 is 9.90 Å². The summed E-state index contributed by atoms with van der Waals surface area (Å²) >= 11 is 5.98. The second-order valence-corrected chi connectivity index (χ2v) is 4.19. The van der Waals surface area contributed by atoms with Gasteiger partial charge >= 0.3 is 5.97 Å². The van der Waals surface area contributed by atoms with Crippen LogP contribution in [0.4, 0.5) is 0 Å². The van der Waals surface area contributed by atoms with Gasteiger partial charge < -0.3 is 5.11 Å². The number of hydrogen-bond acceptors (Lipinski definition) is 3. The van der Waals surface area contributed by atoms with Gasteiger partial charge in [0.25, 0.3) is 0 Å². The van der Waals surface area contributed by atoms with Crippen LogP contribution in [0.5, 0.6) is 0 Å². The van der Waals surface area contributed by atoms with E-state index in [9.17, 15) is 4.79 Å². The largest absolute Gasteiger partial charge is 0.481 e. The lowest BCUT2D eigenvalue weighted by molar-refractivity contribution is -0.141. The van der Waals surface area contributed by atoms with Crippen LogP contribution >= 0.6 is 24.4 Å². The number of thiol groups is 1. The standard InChI is InChI=1S/C6H10O2S2/c7-6(8)4-1-2-10-3-5(4)9/h4-5,9H,1-3H2,(H,7,8). The molecular weight excluding hydrogens is 168 g/mol. The minimum absolute atomic E-state index is 0.0521. The van der Waals surface area contributed by atoms with E-state index in [2.05, 4.69) is 12.6 Å². The number of rotatable bonds is 1. The van der Waals surface area contributed by atoms with E-state index in [0.29, 0.717) is 0 Å². The fourth-order valence-corrected chi connectivity index (χ4v) is 2.66. The minimum Gasteiger partial charge on any atom is -0.481 e. The molecule has 2 unspecified atom stereocenters. The molecule has 1 N–H and O–H groups in total. The zero-order chi connectivity index (χ0) is 7.56. The number of thioether (sulfide) groups is 1. The molecule has 0 saturated carbocycles. The van der Waals surface area contributed by atoms with Gasteiger partial charge in [0.2, 0.25) is 0 Å². The third-order valence-corrected chi connectivity index (χ3v) is 3.55. The molecule has 1 heterocycles. The van der Waals surface area contributed by atoms with Gasteiger partial charge in [-0.15, -0.1) is 0 Å². The van der Waals surface area contributed by atoms with Gasteiger partial charge in [0.1, 0.15) is 0 Å². The third-order valence-electron chi connectivity index (χ3n) is 1.64. The zero-order valence-corrected chi connectivity index (χ0v) is 7.20. The maximum absolute atomic E-state index is 10.5. The van der Waals surface area contributed by atoms with Crippen molar-refractivity contribution in [3.63, 3.8) is 0 Å². The molecule has 0 aromatic heterocycles. The van der Waals surface area contributed by atoms with Gasteiger partial charge in [-0.1, -0.05) is 0 Å². The molecule has 0 aromatic rings. The van der Waals surface area contributed by atoms with E-state index >= 15 is 0 Å². The lowest BCUT2D eigenvalue weighted by Gasteiger charge is -2.23. The van der Waals surface area contributed by atoms with Gasteiger partial charge in [0.05, 0.1) is 5.92 Å². The second kappa shape index (κ2) is 3.53. The van der Waals surface area contributed by atoms with Gasteiger partial charge in [-0.2, -0.15) is 24.4 Å². The first kappa shape index (κ1) is 8.27. The van der Waals surface area contributed by atoms with E-state index in [1.807, 2.05) is 0 Å². The van der Waals surface area contributed by atoms with Crippen LogP contribution in [0.1, 0.15) is 6.42 Å². The summed E-state index contributed by atoms with van der Waals surface area (Å²) in [6.07, 6.45) is 0.772. The van der Waals surface area contributed by atoms with Crippen molar-refractivity contribution in [2.45, 2.75) is 11.7 Å². The monoisotopic (exact) mass is 178 g/mol. The number of carboxylic acid groups (broad SMARTS) is 1. The normalized spacial score (nSPS) is 33.7. The van der Waals surface area contributed by atoms with Crippen LogP contribution in [0.3, 0.4) is 0 Å². The molecule has 1 fully saturated rings. The van der Waals surface area contributed by atoms with Gasteiger partial charge in [0.15, 0.2) is 0 Å². The van der Waals surface area contributed by atoms with E-state index < -0.39 is 5.97 Å². The van der Waals surface area contributed by atoms with Crippen LogP contribution in [0.15, 0.2) is 0 Å². The molecule has 1 aliphatic rings. The highest BCUT2D eigenvalue weighted by Gasteiger charge is 2.28. The van der Waals surface area contributed by atoms with Gasteiger partial charge in [-0.3, -0.25) is 4.79 Å². The van der Waals surface area contributed by atoms with Crippen molar-refractivity contribution in [3.8, 4) is 0 Å². The zero-order valence-electron chi connectivity index (χ0n) is 5.49. The summed E-state index contributed by atoms with van der Waals surface area (Å²) in [5.74, 6) is 0.929. The highest BCUT2D eigenvalue weighted by Crippen LogP contribution is 2.26. The molecule has 58 valence electrons. The van der Waals surface area contributed by atoms with Crippen molar-refractivity contribution in [2.75, 3.05) is 11.5 Å². The number of aliphatic carboxylic acids is 1. The lowest BCUT2D eigenvalue weighted by atomic mass is 10.0. The minimum atomic E-state index is -0.694. The maximum atomic E-state index is 10.5.